The van der Waals surface area contributed by atoms with Crippen molar-refractivity contribution in [3.05, 3.63) is 30.2 Å². The van der Waals surface area contributed by atoms with Gasteiger partial charge in [0.2, 0.25) is 0 Å². The first-order chi connectivity index (χ1) is 4.75. The molecule has 1 aromatic rings. The zero-order valence-corrected chi connectivity index (χ0v) is 5.76. The highest BCUT2D eigenvalue weighted by Gasteiger charge is 2.03. The van der Waals surface area contributed by atoms with Crippen molar-refractivity contribution in [1.82, 2.24) is 0 Å². The molecule has 1 heterocycles. The molecular weight excluding hydrogens is 128 g/mol. The van der Waals surface area contributed by atoms with E-state index < -0.39 is 0 Å². The molecule has 2 heteroatoms. The fraction of sp³-hybridized carbons (Fsp3) is 0.125. The number of furan rings is 1. The summed E-state index contributed by atoms with van der Waals surface area (Å²) in [6, 6.07) is 1.73. The SMILES string of the molecule is C=C(C)c1ccoc1C=O. The van der Waals surface area contributed by atoms with E-state index in [0.717, 1.165) is 11.1 Å². The first-order valence-corrected chi connectivity index (χ1v) is 2.94. The minimum Gasteiger partial charge on any atom is -0.461 e. The molecule has 0 aromatic carbocycles. The minimum atomic E-state index is 0.354. The highest BCUT2D eigenvalue weighted by atomic mass is 16.3. The van der Waals surface area contributed by atoms with Crippen LogP contribution in [0.2, 0.25) is 0 Å². The predicted molar refractivity (Wildman–Crippen MR) is 38.8 cm³/mol. The monoisotopic (exact) mass is 136 g/mol. The average molecular weight is 136 g/mol. The minimum absolute atomic E-state index is 0.354. The normalized spacial score (nSPS) is 9.30. The average Bonchev–Trinajstić information content (AvgIpc) is 2.33. The number of hydrogen-bond acceptors (Lipinski definition) is 2. The molecule has 0 fully saturated rings. The Morgan fingerprint density at radius 2 is 2.50 bits per heavy atom. The van der Waals surface area contributed by atoms with Crippen molar-refractivity contribution in [3.63, 3.8) is 0 Å². The summed E-state index contributed by atoms with van der Waals surface area (Å²) >= 11 is 0. The fourth-order valence-electron chi connectivity index (χ4n) is 0.765. The first-order valence-electron chi connectivity index (χ1n) is 2.94. The number of carbonyl (C=O) groups is 1. The molecule has 2 nitrogen and oxygen atoms in total. The summed E-state index contributed by atoms with van der Waals surface area (Å²) in [5.41, 5.74) is 1.63. The lowest BCUT2D eigenvalue weighted by atomic mass is 10.1. The van der Waals surface area contributed by atoms with Crippen LogP contribution < -0.4 is 0 Å². The molecule has 0 amide bonds. The van der Waals surface area contributed by atoms with Crippen molar-refractivity contribution in [1.29, 1.82) is 0 Å². The summed E-state index contributed by atoms with van der Waals surface area (Å²) in [5, 5.41) is 0. The highest BCUT2D eigenvalue weighted by Crippen LogP contribution is 2.15. The number of hydrogen-bond donors (Lipinski definition) is 0. The Labute approximate surface area is 59.2 Å². The summed E-state index contributed by atoms with van der Waals surface area (Å²) in [5.74, 6) is 0.354. The van der Waals surface area contributed by atoms with Gasteiger partial charge in [-0.05, 0) is 18.6 Å². The van der Waals surface area contributed by atoms with Crippen molar-refractivity contribution >= 4 is 11.9 Å². The summed E-state index contributed by atoms with van der Waals surface area (Å²) in [7, 11) is 0. The van der Waals surface area contributed by atoms with Crippen LogP contribution >= 0.6 is 0 Å². The molecular formula is C8H8O2. The van der Waals surface area contributed by atoms with E-state index in [9.17, 15) is 4.79 Å². The molecule has 0 aliphatic carbocycles. The van der Waals surface area contributed by atoms with Crippen LogP contribution in [0.1, 0.15) is 23.0 Å². The topological polar surface area (TPSA) is 30.2 Å². The molecule has 0 spiro atoms. The van der Waals surface area contributed by atoms with E-state index in [4.69, 9.17) is 4.42 Å². The third-order valence-electron chi connectivity index (χ3n) is 1.26. The lowest BCUT2D eigenvalue weighted by Crippen LogP contribution is -1.80. The lowest BCUT2D eigenvalue weighted by Gasteiger charge is -1.91. The van der Waals surface area contributed by atoms with E-state index in [0.29, 0.717) is 12.0 Å². The van der Waals surface area contributed by atoms with Crippen LogP contribution in [-0.4, -0.2) is 6.29 Å². The van der Waals surface area contributed by atoms with Gasteiger partial charge in [0, 0.05) is 5.56 Å². The lowest BCUT2D eigenvalue weighted by molar-refractivity contribution is 0.110. The summed E-state index contributed by atoms with van der Waals surface area (Å²) in [6.45, 7) is 5.52. The van der Waals surface area contributed by atoms with E-state index >= 15 is 0 Å². The molecule has 0 radical (unpaired) electrons. The fourth-order valence-corrected chi connectivity index (χ4v) is 0.765. The zero-order chi connectivity index (χ0) is 7.56. The third-order valence-corrected chi connectivity index (χ3v) is 1.26. The second-order valence-electron chi connectivity index (χ2n) is 2.10. The Bertz CT molecular complexity index is 258. The quantitative estimate of drug-likeness (QED) is 0.583. The summed E-state index contributed by atoms with van der Waals surface area (Å²) < 4.78 is 4.85. The summed E-state index contributed by atoms with van der Waals surface area (Å²) in [4.78, 5) is 10.3. The van der Waals surface area contributed by atoms with Gasteiger partial charge in [0.1, 0.15) is 0 Å². The molecule has 0 unspecified atom stereocenters. The van der Waals surface area contributed by atoms with E-state index in [1.165, 1.54) is 6.26 Å². The van der Waals surface area contributed by atoms with Gasteiger partial charge in [-0.3, -0.25) is 4.79 Å². The molecule has 0 N–H and O–H groups in total. The van der Waals surface area contributed by atoms with Gasteiger partial charge in [0.25, 0.3) is 0 Å². The van der Waals surface area contributed by atoms with Crippen LogP contribution in [0.5, 0.6) is 0 Å². The van der Waals surface area contributed by atoms with E-state index in [-0.39, 0.29) is 0 Å². The molecule has 0 saturated carbocycles. The van der Waals surface area contributed by atoms with Crippen LogP contribution in [0.25, 0.3) is 5.57 Å². The number of carbonyl (C=O) groups excluding carboxylic acids is 1. The third kappa shape index (κ3) is 1.00. The van der Waals surface area contributed by atoms with Gasteiger partial charge in [-0.25, -0.2) is 0 Å². The predicted octanol–water partition coefficient (Wildman–Crippen LogP) is 2.13. The Morgan fingerprint density at radius 1 is 1.80 bits per heavy atom. The number of allylic oxidation sites excluding steroid dienone is 1. The smallest absolute Gasteiger partial charge is 0.185 e. The molecule has 0 atom stereocenters. The molecule has 1 aromatic heterocycles. The van der Waals surface area contributed by atoms with E-state index in [1.807, 2.05) is 6.92 Å². The summed E-state index contributed by atoms with van der Waals surface area (Å²) in [6.07, 6.45) is 2.16. The molecule has 1 rings (SSSR count). The van der Waals surface area contributed by atoms with Gasteiger partial charge >= 0.3 is 0 Å². The van der Waals surface area contributed by atoms with Crippen molar-refractivity contribution in [2.45, 2.75) is 6.92 Å². The van der Waals surface area contributed by atoms with Gasteiger partial charge in [0.05, 0.1) is 6.26 Å². The molecule has 52 valence electrons. The van der Waals surface area contributed by atoms with Crippen molar-refractivity contribution in [2.24, 2.45) is 0 Å². The number of aldehydes is 1. The maximum Gasteiger partial charge on any atom is 0.185 e. The van der Waals surface area contributed by atoms with E-state index in [2.05, 4.69) is 6.58 Å². The van der Waals surface area contributed by atoms with Crippen LogP contribution in [0.4, 0.5) is 0 Å². The van der Waals surface area contributed by atoms with Gasteiger partial charge in [-0.2, -0.15) is 0 Å². The van der Waals surface area contributed by atoms with Crippen LogP contribution in [0.3, 0.4) is 0 Å². The molecule has 0 saturated heterocycles. The first kappa shape index (κ1) is 6.81. The Morgan fingerprint density at radius 3 is 2.90 bits per heavy atom. The molecule has 0 aliphatic heterocycles. The molecule has 10 heavy (non-hydrogen) atoms. The Balaban J connectivity index is 3.13. The second-order valence-corrected chi connectivity index (χ2v) is 2.10. The van der Waals surface area contributed by atoms with Crippen LogP contribution in [0.15, 0.2) is 23.3 Å². The Hall–Kier alpha value is -1.31. The van der Waals surface area contributed by atoms with Gasteiger partial charge in [-0.15, -0.1) is 0 Å². The maximum absolute atomic E-state index is 10.3. The largest absolute Gasteiger partial charge is 0.461 e. The Kier molecular flexibility index (Phi) is 1.71. The van der Waals surface area contributed by atoms with Gasteiger partial charge in [0.15, 0.2) is 12.0 Å². The van der Waals surface area contributed by atoms with Crippen LogP contribution in [-0.2, 0) is 0 Å². The number of rotatable bonds is 2. The van der Waals surface area contributed by atoms with Crippen molar-refractivity contribution < 1.29 is 9.21 Å². The highest BCUT2D eigenvalue weighted by molar-refractivity contribution is 5.81. The van der Waals surface area contributed by atoms with Crippen LogP contribution in [0, 0.1) is 0 Å². The maximum atomic E-state index is 10.3. The second kappa shape index (κ2) is 2.52. The standard InChI is InChI=1S/C8H8O2/c1-6(2)7-3-4-10-8(7)5-9/h3-5H,1H2,2H3. The van der Waals surface area contributed by atoms with Gasteiger partial charge in [-0.1, -0.05) is 6.58 Å². The zero-order valence-electron chi connectivity index (χ0n) is 5.76. The van der Waals surface area contributed by atoms with Gasteiger partial charge < -0.3 is 4.42 Å². The van der Waals surface area contributed by atoms with Crippen molar-refractivity contribution in [3.8, 4) is 0 Å². The molecule has 0 aliphatic rings. The van der Waals surface area contributed by atoms with E-state index in [1.54, 1.807) is 6.07 Å². The molecule has 0 bridgehead atoms. The van der Waals surface area contributed by atoms with Crippen molar-refractivity contribution in [2.75, 3.05) is 0 Å².